The lowest BCUT2D eigenvalue weighted by Crippen LogP contribution is -2.57. The average molecular weight is 265 g/mol. The second kappa shape index (κ2) is 3.91. The molecule has 0 saturated heterocycles. The van der Waals surface area contributed by atoms with Gasteiger partial charge in [-0.15, -0.1) is 0 Å². The Morgan fingerprint density at radius 3 is 2.11 bits per heavy atom. The number of rotatable bonds is 2. The van der Waals surface area contributed by atoms with Gasteiger partial charge in [-0.25, -0.2) is 8.78 Å². The molecule has 0 heterocycles. The predicted molar refractivity (Wildman–Crippen MR) is 56.4 cm³/mol. The molecule has 0 amide bonds. The molecular formula is C12H12F5N. The van der Waals surface area contributed by atoms with Crippen molar-refractivity contribution in [2.45, 2.75) is 30.5 Å². The Bertz CT molecular complexity index is 444. The predicted octanol–water partition coefficient (Wildman–Crippen LogP) is 3.55. The quantitative estimate of drug-likeness (QED) is 0.806. The van der Waals surface area contributed by atoms with E-state index in [0.717, 1.165) is 6.07 Å². The summed E-state index contributed by atoms with van der Waals surface area (Å²) in [6.45, 7) is 0. The van der Waals surface area contributed by atoms with E-state index in [1.807, 2.05) is 0 Å². The normalized spacial score (nSPS) is 21.4. The largest absolute Gasteiger partial charge is 0.416 e. The zero-order valence-electron chi connectivity index (χ0n) is 9.61. The minimum Gasteiger partial charge on any atom is -0.310 e. The van der Waals surface area contributed by atoms with Crippen LogP contribution in [0.5, 0.6) is 0 Å². The van der Waals surface area contributed by atoms with Gasteiger partial charge in [0.25, 0.3) is 5.92 Å². The first-order valence-electron chi connectivity index (χ1n) is 5.44. The highest BCUT2D eigenvalue weighted by Crippen LogP contribution is 2.53. The van der Waals surface area contributed by atoms with Crippen molar-refractivity contribution in [2.24, 2.45) is 0 Å². The monoisotopic (exact) mass is 265 g/mol. The van der Waals surface area contributed by atoms with Crippen LogP contribution in [0, 0.1) is 0 Å². The molecule has 0 aliphatic heterocycles. The summed E-state index contributed by atoms with van der Waals surface area (Å²) in [5, 5.41) is 2.62. The second-order valence-electron chi connectivity index (χ2n) is 4.58. The minimum atomic E-state index is -4.54. The standard InChI is InChI=1S/C12H12F5N/c1-18-10(6-11(13,14)7-10)8-4-2-3-5-9(8)12(15,16)17/h2-5,18H,6-7H2,1H3. The van der Waals surface area contributed by atoms with Crippen molar-refractivity contribution in [1.82, 2.24) is 5.32 Å². The smallest absolute Gasteiger partial charge is 0.310 e. The van der Waals surface area contributed by atoms with Gasteiger partial charge in [0.15, 0.2) is 0 Å². The van der Waals surface area contributed by atoms with Gasteiger partial charge in [-0.2, -0.15) is 13.2 Å². The third-order valence-electron chi connectivity index (χ3n) is 3.35. The summed E-state index contributed by atoms with van der Waals surface area (Å²) < 4.78 is 64.6. The van der Waals surface area contributed by atoms with Crippen LogP contribution in [0.4, 0.5) is 22.0 Å². The van der Waals surface area contributed by atoms with Crippen LogP contribution in [0.1, 0.15) is 24.0 Å². The summed E-state index contributed by atoms with van der Waals surface area (Å²) in [7, 11) is 1.41. The summed E-state index contributed by atoms with van der Waals surface area (Å²) in [5.41, 5.74) is -2.24. The van der Waals surface area contributed by atoms with Crippen molar-refractivity contribution < 1.29 is 22.0 Å². The summed E-state index contributed by atoms with van der Waals surface area (Å²) in [6, 6.07) is 4.87. The van der Waals surface area contributed by atoms with Gasteiger partial charge in [-0.3, -0.25) is 0 Å². The van der Waals surface area contributed by atoms with Gasteiger partial charge in [0.2, 0.25) is 0 Å². The van der Waals surface area contributed by atoms with E-state index in [1.54, 1.807) is 0 Å². The highest BCUT2D eigenvalue weighted by Gasteiger charge is 2.58. The van der Waals surface area contributed by atoms with Crippen LogP contribution in [0.15, 0.2) is 24.3 Å². The van der Waals surface area contributed by atoms with Crippen molar-refractivity contribution in [2.75, 3.05) is 7.05 Å². The molecule has 0 atom stereocenters. The van der Waals surface area contributed by atoms with E-state index in [1.165, 1.54) is 25.2 Å². The van der Waals surface area contributed by atoms with E-state index in [0.29, 0.717) is 0 Å². The fourth-order valence-electron chi connectivity index (χ4n) is 2.48. The van der Waals surface area contributed by atoms with Crippen LogP contribution < -0.4 is 5.32 Å². The molecule has 6 heteroatoms. The lowest BCUT2D eigenvalue weighted by Gasteiger charge is -2.48. The molecule has 1 N–H and O–H groups in total. The molecule has 0 bridgehead atoms. The number of hydrogen-bond donors (Lipinski definition) is 1. The molecule has 2 rings (SSSR count). The summed E-state index contributed by atoms with van der Waals surface area (Å²) in [5.74, 6) is -2.90. The van der Waals surface area contributed by atoms with E-state index in [4.69, 9.17) is 0 Å². The first-order valence-corrected chi connectivity index (χ1v) is 5.44. The number of hydrogen-bond acceptors (Lipinski definition) is 1. The Morgan fingerprint density at radius 2 is 1.67 bits per heavy atom. The van der Waals surface area contributed by atoms with Crippen molar-refractivity contribution in [3.8, 4) is 0 Å². The average Bonchev–Trinajstić information content (AvgIpc) is 2.24. The highest BCUT2D eigenvalue weighted by molar-refractivity contribution is 5.38. The van der Waals surface area contributed by atoms with Gasteiger partial charge >= 0.3 is 6.18 Å². The maximum absolute atomic E-state index is 13.0. The summed E-state index contributed by atoms with van der Waals surface area (Å²) >= 11 is 0. The molecule has 1 aromatic carbocycles. The number of nitrogens with one attached hydrogen (secondary N) is 1. The van der Waals surface area contributed by atoms with Crippen LogP contribution in [0.2, 0.25) is 0 Å². The third-order valence-corrected chi connectivity index (χ3v) is 3.35. The zero-order chi connectivity index (χ0) is 13.6. The van der Waals surface area contributed by atoms with Crippen LogP contribution in [-0.4, -0.2) is 13.0 Å². The molecule has 0 radical (unpaired) electrons. The van der Waals surface area contributed by atoms with Crippen LogP contribution >= 0.6 is 0 Å². The number of benzene rings is 1. The molecule has 0 aromatic heterocycles. The Kier molecular flexibility index (Phi) is 2.88. The Morgan fingerprint density at radius 1 is 1.11 bits per heavy atom. The van der Waals surface area contributed by atoms with E-state index in [-0.39, 0.29) is 5.56 Å². The van der Waals surface area contributed by atoms with Crippen LogP contribution in [0.3, 0.4) is 0 Å². The van der Waals surface area contributed by atoms with Crippen molar-refractivity contribution in [1.29, 1.82) is 0 Å². The summed E-state index contributed by atoms with van der Waals surface area (Å²) in [6.07, 6.45) is -5.75. The van der Waals surface area contributed by atoms with Gasteiger partial charge in [0.05, 0.1) is 11.1 Å². The van der Waals surface area contributed by atoms with E-state index >= 15 is 0 Å². The highest BCUT2D eigenvalue weighted by atomic mass is 19.4. The van der Waals surface area contributed by atoms with E-state index in [9.17, 15) is 22.0 Å². The van der Waals surface area contributed by atoms with Gasteiger partial charge in [-0.1, -0.05) is 18.2 Å². The van der Waals surface area contributed by atoms with Gasteiger partial charge in [0.1, 0.15) is 0 Å². The van der Waals surface area contributed by atoms with Gasteiger partial charge in [0, 0.05) is 12.8 Å². The maximum atomic E-state index is 13.0. The molecule has 18 heavy (non-hydrogen) atoms. The molecule has 1 fully saturated rings. The third kappa shape index (κ3) is 2.09. The first kappa shape index (κ1) is 13.3. The Labute approximate surface area is 101 Å². The second-order valence-corrected chi connectivity index (χ2v) is 4.58. The molecule has 1 aliphatic rings. The topological polar surface area (TPSA) is 12.0 Å². The molecule has 0 spiro atoms. The van der Waals surface area contributed by atoms with E-state index in [2.05, 4.69) is 5.32 Å². The van der Waals surface area contributed by atoms with E-state index < -0.39 is 36.0 Å². The van der Waals surface area contributed by atoms with Crippen LogP contribution in [-0.2, 0) is 11.7 Å². The fraction of sp³-hybridized carbons (Fsp3) is 0.500. The zero-order valence-corrected chi connectivity index (χ0v) is 9.61. The number of halogens is 5. The SMILES string of the molecule is CNC1(c2ccccc2C(F)(F)F)CC(F)(F)C1. The Hall–Kier alpha value is -1.17. The van der Waals surface area contributed by atoms with Crippen molar-refractivity contribution >= 4 is 0 Å². The molecule has 0 unspecified atom stereocenters. The maximum Gasteiger partial charge on any atom is 0.416 e. The van der Waals surface area contributed by atoms with Gasteiger partial charge in [-0.05, 0) is 18.7 Å². The Balaban J connectivity index is 2.45. The van der Waals surface area contributed by atoms with Crippen molar-refractivity contribution in [3.05, 3.63) is 35.4 Å². The van der Waals surface area contributed by atoms with Crippen LogP contribution in [0.25, 0.3) is 0 Å². The lowest BCUT2D eigenvalue weighted by molar-refractivity contribution is -0.152. The van der Waals surface area contributed by atoms with Gasteiger partial charge < -0.3 is 5.32 Å². The fourth-order valence-corrected chi connectivity index (χ4v) is 2.48. The first-order chi connectivity index (χ1) is 8.20. The minimum absolute atomic E-state index is 0.106. The molecule has 1 nitrogen and oxygen atoms in total. The van der Waals surface area contributed by atoms with Crippen molar-refractivity contribution in [3.63, 3.8) is 0 Å². The number of alkyl halides is 5. The molecule has 1 aliphatic carbocycles. The summed E-state index contributed by atoms with van der Waals surface area (Å²) in [4.78, 5) is 0. The molecule has 1 saturated carbocycles. The lowest BCUT2D eigenvalue weighted by atomic mass is 9.68. The molecule has 1 aromatic rings. The molecule has 100 valence electrons. The molecular weight excluding hydrogens is 253 g/mol.